The van der Waals surface area contributed by atoms with Crippen LogP contribution in [-0.4, -0.2) is 22.1 Å². The molecular formula is C4H9O3Si. The van der Waals surface area contributed by atoms with Gasteiger partial charge < -0.3 is 8.85 Å². The number of hydrogen-bond acceptors (Lipinski definition) is 3. The number of carbonyl (C=O) groups excluding carboxylic acids is 1. The summed E-state index contributed by atoms with van der Waals surface area (Å²) in [5, 5.41) is 0. The second-order valence-corrected chi connectivity index (χ2v) is 5.20. The first-order chi connectivity index (χ1) is 3.62. The third kappa shape index (κ3) is 2.76. The second-order valence-electron chi connectivity index (χ2n) is 1.79. The average molecular weight is 133 g/mol. The lowest BCUT2D eigenvalue weighted by Gasteiger charge is -2.14. The van der Waals surface area contributed by atoms with E-state index in [2.05, 4.69) is 4.43 Å². The molecular weight excluding hydrogens is 124 g/mol. The number of rotatable bonds is 3. The Balaban J connectivity index is 3.53. The molecule has 0 bridgehead atoms. The van der Waals surface area contributed by atoms with E-state index in [9.17, 15) is 4.79 Å². The van der Waals surface area contributed by atoms with E-state index in [1.165, 1.54) is 13.6 Å². The summed E-state index contributed by atoms with van der Waals surface area (Å²) in [6, 6.07) is 0. The van der Waals surface area contributed by atoms with Crippen LogP contribution in [0, 0.1) is 0 Å². The fraction of sp³-hybridized carbons (Fsp3) is 0.750. The molecule has 0 aromatic heterocycles. The molecule has 0 N–H and O–H groups in total. The summed E-state index contributed by atoms with van der Waals surface area (Å²) in [4.78, 5) is 9.59. The van der Waals surface area contributed by atoms with Crippen LogP contribution >= 0.6 is 0 Å². The molecule has 0 aromatic rings. The van der Waals surface area contributed by atoms with Gasteiger partial charge in [-0.25, -0.2) is 4.79 Å². The van der Waals surface area contributed by atoms with Gasteiger partial charge in [-0.05, 0) is 13.1 Å². The molecule has 8 heavy (non-hydrogen) atoms. The highest BCUT2D eigenvalue weighted by atomic mass is 28.4. The SMILES string of the molecule is CO[Si](C)(C)O[C]=O. The Hall–Kier alpha value is -0.353. The maximum Gasteiger partial charge on any atom is 0.404 e. The van der Waals surface area contributed by atoms with Crippen molar-refractivity contribution in [2.24, 2.45) is 0 Å². The molecule has 0 saturated heterocycles. The lowest BCUT2D eigenvalue weighted by atomic mass is 11.7. The minimum Gasteiger partial charge on any atom is -0.486 e. The third-order valence-electron chi connectivity index (χ3n) is 0.779. The Morgan fingerprint density at radius 1 is 1.50 bits per heavy atom. The van der Waals surface area contributed by atoms with Gasteiger partial charge in [-0.1, -0.05) is 0 Å². The van der Waals surface area contributed by atoms with Crippen molar-refractivity contribution >= 4 is 15.0 Å². The molecule has 0 aromatic carbocycles. The third-order valence-corrected chi connectivity index (χ3v) is 2.34. The fourth-order valence-electron chi connectivity index (χ4n) is 0.142. The van der Waals surface area contributed by atoms with E-state index in [0.29, 0.717) is 0 Å². The Morgan fingerprint density at radius 3 is 2.12 bits per heavy atom. The van der Waals surface area contributed by atoms with Crippen molar-refractivity contribution in [2.45, 2.75) is 13.1 Å². The van der Waals surface area contributed by atoms with Crippen molar-refractivity contribution in [3.05, 3.63) is 0 Å². The summed E-state index contributed by atoms with van der Waals surface area (Å²) in [5.41, 5.74) is 0. The zero-order chi connectivity index (χ0) is 6.62. The molecule has 0 amide bonds. The minimum absolute atomic E-state index is 1.35. The summed E-state index contributed by atoms with van der Waals surface area (Å²) >= 11 is 0. The molecule has 0 aliphatic rings. The molecule has 47 valence electrons. The van der Waals surface area contributed by atoms with Gasteiger partial charge >= 0.3 is 15.0 Å². The Labute approximate surface area is 49.9 Å². The van der Waals surface area contributed by atoms with E-state index >= 15 is 0 Å². The predicted octanol–water partition coefficient (Wildman–Crippen LogP) is 0.418. The minimum atomic E-state index is -2.10. The Bertz CT molecular complexity index is 81.4. The zero-order valence-electron chi connectivity index (χ0n) is 5.22. The van der Waals surface area contributed by atoms with E-state index in [0.717, 1.165) is 0 Å². The summed E-state index contributed by atoms with van der Waals surface area (Å²) in [6.07, 6.45) is 0. The molecule has 0 rings (SSSR count). The molecule has 0 spiro atoms. The van der Waals surface area contributed by atoms with Gasteiger partial charge in [0.25, 0.3) is 0 Å². The van der Waals surface area contributed by atoms with Crippen LogP contribution in [0.2, 0.25) is 13.1 Å². The molecule has 0 aliphatic carbocycles. The molecule has 0 fully saturated rings. The molecule has 0 aliphatic heterocycles. The van der Waals surface area contributed by atoms with Crippen molar-refractivity contribution in [3.63, 3.8) is 0 Å². The van der Waals surface area contributed by atoms with Crippen molar-refractivity contribution in [3.8, 4) is 0 Å². The first kappa shape index (κ1) is 7.65. The van der Waals surface area contributed by atoms with Gasteiger partial charge in [-0.2, -0.15) is 0 Å². The Kier molecular flexibility index (Phi) is 2.71. The van der Waals surface area contributed by atoms with Crippen LogP contribution < -0.4 is 0 Å². The highest BCUT2D eigenvalue weighted by Gasteiger charge is 2.23. The van der Waals surface area contributed by atoms with Crippen LogP contribution in [0.1, 0.15) is 0 Å². The van der Waals surface area contributed by atoms with Crippen LogP contribution in [0.3, 0.4) is 0 Å². The van der Waals surface area contributed by atoms with Crippen molar-refractivity contribution < 1.29 is 13.6 Å². The maximum absolute atomic E-state index is 9.59. The van der Waals surface area contributed by atoms with E-state index < -0.39 is 8.56 Å². The van der Waals surface area contributed by atoms with Crippen LogP contribution in [0.5, 0.6) is 0 Å². The summed E-state index contributed by atoms with van der Waals surface area (Å²) in [6.45, 7) is 4.87. The number of hydrogen-bond donors (Lipinski definition) is 0. The quantitative estimate of drug-likeness (QED) is 0.523. The zero-order valence-corrected chi connectivity index (χ0v) is 6.22. The van der Waals surface area contributed by atoms with E-state index in [1.54, 1.807) is 13.1 Å². The molecule has 4 heteroatoms. The fourth-order valence-corrected chi connectivity index (χ4v) is 0.426. The smallest absolute Gasteiger partial charge is 0.404 e. The normalized spacial score (nSPS) is 10.9. The monoisotopic (exact) mass is 133 g/mol. The molecule has 0 atom stereocenters. The molecule has 0 unspecified atom stereocenters. The van der Waals surface area contributed by atoms with E-state index in [4.69, 9.17) is 4.43 Å². The van der Waals surface area contributed by atoms with Gasteiger partial charge in [0, 0.05) is 7.11 Å². The van der Waals surface area contributed by atoms with Gasteiger partial charge in [0.1, 0.15) is 0 Å². The summed E-state index contributed by atoms with van der Waals surface area (Å²) in [5.74, 6) is 0. The molecule has 0 heterocycles. The van der Waals surface area contributed by atoms with Crippen LogP contribution in [0.15, 0.2) is 0 Å². The lowest BCUT2D eigenvalue weighted by Crippen LogP contribution is -2.32. The summed E-state index contributed by atoms with van der Waals surface area (Å²) in [7, 11) is -0.583. The van der Waals surface area contributed by atoms with Gasteiger partial charge in [-0.3, -0.25) is 0 Å². The summed E-state index contributed by atoms with van der Waals surface area (Å²) < 4.78 is 9.32. The first-order valence-corrected chi connectivity index (χ1v) is 5.04. The standard InChI is InChI=1S/C4H9O3Si/c1-6-8(2,3)7-4-5/h1-3H3. The van der Waals surface area contributed by atoms with Crippen LogP contribution in [0.25, 0.3) is 0 Å². The van der Waals surface area contributed by atoms with Crippen LogP contribution in [0.4, 0.5) is 0 Å². The highest BCUT2D eigenvalue weighted by molar-refractivity contribution is 6.65. The van der Waals surface area contributed by atoms with Gasteiger partial charge in [-0.15, -0.1) is 0 Å². The molecule has 0 saturated carbocycles. The van der Waals surface area contributed by atoms with Crippen molar-refractivity contribution in [1.29, 1.82) is 0 Å². The van der Waals surface area contributed by atoms with Crippen LogP contribution in [-0.2, 0) is 13.6 Å². The van der Waals surface area contributed by atoms with Gasteiger partial charge in [0.05, 0.1) is 0 Å². The van der Waals surface area contributed by atoms with E-state index in [-0.39, 0.29) is 0 Å². The second kappa shape index (κ2) is 2.83. The molecule has 3 nitrogen and oxygen atoms in total. The highest BCUT2D eigenvalue weighted by Crippen LogP contribution is 2.00. The predicted molar refractivity (Wildman–Crippen MR) is 31.3 cm³/mol. The van der Waals surface area contributed by atoms with Gasteiger partial charge in [0.2, 0.25) is 0 Å². The topological polar surface area (TPSA) is 35.5 Å². The van der Waals surface area contributed by atoms with Crippen molar-refractivity contribution in [2.75, 3.05) is 7.11 Å². The van der Waals surface area contributed by atoms with Crippen molar-refractivity contribution in [1.82, 2.24) is 0 Å². The van der Waals surface area contributed by atoms with Gasteiger partial charge in [0.15, 0.2) is 0 Å². The largest absolute Gasteiger partial charge is 0.486 e. The van der Waals surface area contributed by atoms with E-state index in [1.807, 2.05) is 0 Å². The molecule has 1 radical (unpaired) electrons. The average Bonchev–Trinajstić information content (AvgIpc) is 1.67. The maximum atomic E-state index is 9.59. The Morgan fingerprint density at radius 2 is 2.00 bits per heavy atom. The first-order valence-electron chi connectivity index (χ1n) is 2.22. The lowest BCUT2D eigenvalue weighted by molar-refractivity contribution is 0.297.